The Morgan fingerprint density at radius 2 is 1.46 bits per heavy atom. The highest BCUT2D eigenvalue weighted by Crippen LogP contribution is 2.26. The Bertz CT molecular complexity index is 790. The molecule has 1 aliphatic rings. The number of carbonyl (C=O) groups excluding carboxylic acids is 2. The topological polar surface area (TPSA) is 72.6 Å². The van der Waals surface area contributed by atoms with E-state index in [4.69, 9.17) is 5.73 Å². The number of hydrogen-bond acceptors (Lipinski definition) is 4. The van der Waals surface area contributed by atoms with Crippen LogP contribution in [0.15, 0.2) is 48.5 Å². The van der Waals surface area contributed by atoms with Crippen LogP contribution >= 0.6 is 12.4 Å². The number of carbonyl (C=O) groups is 2. The van der Waals surface area contributed by atoms with Crippen molar-refractivity contribution < 1.29 is 27.5 Å². The molecule has 1 aliphatic heterocycles. The Labute approximate surface area is 152 Å². The maximum absolute atomic E-state index is 12.3. The number of amides is 2. The molecule has 2 N–H and O–H groups in total. The molecule has 1 atom stereocenters. The maximum Gasteiger partial charge on any atom is 0.573 e. The van der Waals surface area contributed by atoms with Gasteiger partial charge in [-0.3, -0.25) is 14.5 Å². The highest BCUT2D eigenvalue weighted by Gasteiger charge is 2.36. The quantitative estimate of drug-likeness (QED) is 0.818. The van der Waals surface area contributed by atoms with E-state index in [2.05, 4.69) is 4.74 Å². The Morgan fingerprint density at radius 3 is 1.92 bits per heavy atom. The van der Waals surface area contributed by atoms with E-state index in [1.807, 2.05) is 0 Å². The van der Waals surface area contributed by atoms with Crippen molar-refractivity contribution in [1.29, 1.82) is 0 Å². The van der Waals surface area contributed by atoms with Gasteiger partial charge in [0.25, 0.3) is 11.8 Å². The summed E-state index contributed by atoms with van der Waals surface area (Å²) < 4.78 is 40.3. The Balaban J connectivity index is 0.00000243. The van der Waals surface area contributed by atoms with E-state index in [1.165, 1.54) is 12.1 Å². The van der Waals surface area contributed by atoms with Gasteiger partial charge in [0.15, 0.2) is 0 Å². The van der Waals surface area contributed by atoms with Gasteiger partial charge in [-0.1, -0.05) is 24.3 Å². The van der Waals surface area contributed by atoms with Crippen LogP contribution in [0.1, 0.15) is 32.3 Å². The molecule has 2 amide bonds. The van der Waals surface area contributed by atoms with Crippen LogP contribution in [0.25, 0.3) is 0 Å². The molecule has 2 aromatic rings. The summed E-state index contributed by atoms with van der Waals surface area (Å²) >= 11 is 0. The van der Waals surface area contributed by atoms with Gasteiger partial charge in [-0.05, 0) is 29.8 Å². The molecule has 26 heavy (non-hydrogen) atoms. The first-order chi connectivity index (χ1) is 11.8. The minimum Gasteiger partial charge on any atom is -0.406 e. The van der Waals surface area contributed by atoms with Crippen LogP contribution in [0, 0.1) is 0 Å². The van der Waals surface area contributed by atoms with Gasteiger partial charge in [0.2, 0.25) is 0 Å². The fraction of sp³-hybridized carbons (Fsp3) is 0.176. The minimum absolute atomic E-state index is 0. The molecule has 1 heterocycles. The number of benzene rings is 2. The summed E-state index contributed by atoms with van der Waals surface area (Å²) in [7, 11) is 0. The van der Waals surface area contributed by atoms with Crippen molar-refractivity contribution in [2.75, 3.05) is 6.54 Å². The molecule has 0 radical (unpaired) electrons. The molecule has 0 saturated heterocycles. The van der Waals surface area contributed by atoms with Gasteiger partial charge in [-0.25, -0.2) is 0 Å². The van der Waals surface area contributed by atoms with Crippen LogP contribution in [0.4, 0.5) is 13.2 Å². The van der Waals surface area contributed by atoms with Gasteiger partial charge in [-0.15, -0.1) is 25.6 Å². The van der Waals surface area contributed by atoms with Crippen LogP contribution in [0.2, 0.25) is 0 Å². The summed E-state index contributed by atoms with van der Waals surface area (Å²) in [6.07, 6.45) is -4.77. The van der Waals surface area contributed by atoms with Gasteiger partial charge in [0.1, 0.15) is 5.75 Å². The highest BCUT2D eigenvalue weighted by molar-refractivity contribution is 6.21. The predicted octanol–water partition coefficient (Wildman–Crippen LogP) is 3.30. The highest BCUT2D eigenvalue weighted by atomic mass is 35.5. The molecule has 0 aliphatic carbocycles. The monoisotopic (exact) mass is 386 g/mol. The average molecular weight is 387 g/mol. The second-order valence-corrected chi connectivity index (χ2v) is 5.49. The smallest absolute Gasteiger partial charge is 0.406 e. The van der Waals surface area contributed by atoms with Crippen molar-refractivity contribution in [1.82, 2.24) is 4.90 Å². The lowest BCUT2D eigenvalue weighted by Crippen LogP contribution is -2.36. The molecule has 9 heteroatoms. The van der Waals surface area contributed by atoms with Crippen molar-refractivity contribution in [3.8, 4) is 5.75 Å². The second-order valence-electron chi connectivity index (χ2n) is 5.49. The lowest BCUT2D eigenvalue weighted by molar-refractivity contribution is -0.274. The molecular weight excluding hydrogens is 373 g/mol. The van der Waals surface area contributed by atoms with Gasteiger partial charge >= 0.3 is 6.36 Å². The zero-order valence-electron chi connectivity index (χ0n) is 13.2. The Hall–Kier alpha value is -2.58. The van der Waals surface area contributed by atoms with Gasteiger partial charge in [0, 0.05) is 12.6 Å². The molecule has 5 nitrogen and oxygen atoms in total. The zero-order chi connectivity index (χ0) is 18.2. The SMILES string of the molecule is Cl.NC(CN1C(=O)c2ccccc2C1=O)c1ccc(OC(F)(F)F)cc1. The van der Waals surface area contributed by atoms with Crippen molar-refractivity contribution in [3.05, 3.63) is 65.2 Å². The van der Waals surface area contributed by atoms with Crippen LogP contribution in [-0.2, 0) is 0 Å². The van der Waals surface area contributed by atoms with Crippen molar-refractivity contribution >= 4 is 24.2 Å². The third kappa shape index (κ3) is 3.97. The van der Waals surface area contributed by atoms with E-state index in [0.29, 0.717) is 16.7 Å². The zero-order valence-corrected chi connectivity index (χ0v) is 14.0. The largest absolute Gasteiger partial charge is 0.573 e. The number of imide groups is 1. The van der Waals surface area contributed by atoms with Gasteiger partial charge in [-0.2, -0.15) is 0 Å². The number of ether oxygens (including phenoxy) is 1. The predicted molar refractivity (Wildman–Crippen MR) is 89.1 cm³/mol. The van der Waals surface area contributed by atoms with Crippen molar-refractivity contribution in [2.24, 2.45) is 5.73 Å². The van der Waals surface area contributed by atoms with Crippen molar-refractivity contribution in [3.63, 3.8) is 0 Å². The summed E-state index contributed by atoms with van der Waals surface area (Å²) in [5.74, 6) is -1.25. The third-order valence-corrected chi connectivity index (χ3v) is 3.80. The fourth-order valence-corrected chi connectivity index (χ4v) is 2.62. The number of fused-ring (bicyclic) bond motifs is 1. The minimum atomic E-state index is -4.77. The standard InChI is InChI=1S/C17H13F3N2O3.ClH/c18-17(19,20)25-11-7-5-10(6-8-11)14(21)9-22-15(23)12-3-1-2-4-13(12)16(22)24;/h1-8,14H,9,21H2;1H. The van der Waals surface area contributed by atoms with Crippen LogP contribution < -0.4 is 10.5 Å². The van der Waals surface area contributed by atoms with E-state index in [9.17, 15) is 22.8 Å². The summed E-state index contributed by atoms with van der Waals surface area (Å²) in [6.45, 7) is -0.0776. The number of nitrogens with two attached hydrogens (primary N) is 1. The van der Waals surface area contributed by atoms with Crippen molar-refractivity contribution in [2.45, 2.75) is 12.4 Å². The van der Waals surface area contributed by atoms with Gasteiger partial charge < -0.3 is 10.5 Å². The van der Waals surface area contributed by atoms with E-state index in [1.54, 1.807) is 24.3 Å². The molecule has 0 bridgehead atoms. The number of hydrogen-bond donors (Lipinski definition) is 1. The molecule has 1 unspecified atom stereocenters. The average Bonchev–Trinajstić information content (AvgIpc) is 2.79. The molecule has 0 fully saturated rings. The summed E-state index contributed by atoms with van der Waals surface area (Å²) in [5, 5.41) is 0. The Morgan fingerprint density at radius 1 is 0.962 bits per heavy atom. The van der Waals surface area contributed by atoms with Gasteiger partial charge in [0.05, 0.1) is 11.1 Å². The van der Waals surface area contributed by atoms with E-state index < -0.39 is 24.2 Å². The Kier molecular flexibility index (Phi) is 5.58. The van der Waals surface area contributed by atoms with Crippen LogP contribution in [-0.4, -0.2) is 29.6 Å². The lowest BCUT2D eigenvalue weighted by Gasteiger charge is -2.20. The molecule has 0 spiro atoms. The van der Waals surface area contributed by atoms with Crippen LogP contribution in [0.5, 0.6) is 5.75 Å². The second kappa shape index (κ2) is 7.35. The summed E-state index contributed by atoms with van der Waals surface area (Å²) in [5.41, 5.74) is 7.11. The fourth-order valence-electron chi connectivity index (χ4n) is 2.62. The number of halogens is 4. The molecule has 138 valence electrons. The normalized spacial score (nSPS) is 14.7. The summed E-state index contributed by atoms with van der Waals surface area (Å²) in [6, 6.07) is 10.7. The molecule has 0 saturated carbocycles. The summed E-state index contributed by atoms with van der Waals surface area (Å²) in [4.78, 5) is 25.6. The lowest BCUT2D eigenvalue weighted by atomic mass is 10.1. The number of nitrogens with zero attached hydrogens (tertiary/aromatic N) is 1. The molecule has 2 aromatic carbocycles. The van der Waals surface area contributed by atoms with E-state index in [0.717, 1.165) is 17.0 Å². The number of alkyl halides is 3. The van der Waals surface area contributed by atoms with E-state index in [-0.39, 0.29) is 24.7 Å². The first-order valence-electron chi connectivity index (χ1n) is 7.33. The number of rotatable bonds is 4. The first-order valence-corrected chi connectivity index (χ1v) is 7.33. The first kappa shape index (κ1) is 19.7. The maximum atomic E-state index is 12.3. The molecule has 3 rings (SSSR count). The molecular formula is C17H14ClF3N2O3. The van der Waals surface area contributed by atoms with E-state index >= 15 is 0 Å². The third-order valence-electron chi connectivity index (χ3n) is 3.80. The molecule has 0 aromatic heterocycles. The van der Waals surface area contributed by atoms with Crippen LogP contribution in [0.3, 0.4) is 0 Å².